The van der Waals surface area contributed by atoms with Gasteiger partial charge in [0.1, 0.15) is 16.8 Å². The molecule has 0 saturated carbocycles. The van der Waals surface area contributed by atoms with Crippen LogP contribution in [-0.2, 0) is 16.0 Å². The van der Waals surface area contributed by atoms with Gasteiger partial charge in [0, 0.05) is 17.1 Å². The van der Waals surface area contributed by atoms with Gasteiger partial charge in [0.15, 0.2) is 5.57 Å². The van der Waals surface area contributed by atoms with Gasteiger partial charge in [-0.2, -0.15) is 5.26 Å². The minimum atomic E-state index is -0.761. The molecule has 7 nitrogen and oxygen atoms in total. The van der Waals surface area contributed by atoms with Crippen molar-refractivity contribution in [3.8, 4) is 16.6 Å². The molecule has 2 N–H and O–H groups in total. The van der Waals surface area contributed by atoms with Crippen LogP contribution in [0.15, 0.2) is 41.4 Å². The van der Waals surface area contributed by atoms with E-state index in [4.69, 9.17) is 10.00 Å². The van der Waals surface area contributed by atoms with Crippen LogP contribution in [0.5, 0.6) is 0 Å². The first-order chi connectivity index (χ1) is 12.6. The van der Waals surface area contributed by atoms with Crippen molar-refractivity contribution in [3.63, 3.8) is 0 Å². The minimum absolute atomic E-state index is 0.158. The van der Waals surface area contributed by atoms with E-state index in [0.717, 1.165) is 23.2 Å². The van der Waals surface area contributed by atoms with Gasteiger partial charge in [-0.15, -0.1) is 11.3 Å². The second-order valence-electron chi connectivity index (χ2n) is 5.08. The molecule has 0 spiro atoms. The Morgan fingerprint density at radius 3 is 2.65 bits per heavy atom. The Hall–Kier alpha value is -3.18. The first-order valence-corrected chi connectivity index (χ1v) is 8.85. The molecule has 0 bridgehead atoms. The number of thiazole rings is 1. The van der Waals surface area contributed by atoms with E-state index >= 15 is 0 Å². The van der Waals surface area contributed by atoms with Crippen molar-refractivity contribution < 1.29 is 14.3 Å². The highest BCUT2D eigenvalue weighted by Crippen LogP contribution is 2.24. The van der Waals surface area contributed by atoms with Crippen LogP contribution in [0.25, 0.3) is 10.6 Å². The molecule has 0 atom stereocenters. The third-order valence-electron chi connectivity index (χ3n) is 3.36. The highest BCUT2D eigenvalue weighted by Gasteiger charge is 2.12. The Labute approximate surface area is 155 Å². The second kappa shape index (κ2) is 9.34. The number of aromatic nitrogens is 1. The number of hydrazine groups is 1. The third-order valence-corrected chi connectivity index (χ3v) is 4.26. The maximum atomic E-state index is 12.1. The van der Waals surface area contributed by atoms with Crippen LogP contribution in [0.1, 0.15) is 29.9 Å². The molecule has 0 aliphatic carbocycles. The molecule has 26 heavy (non-hydrogen) atoms. The number of hydrogen-bond donors (Lipinski definition) is 2. The van der Waals surface area contributed by atoms with E-state index in [-0.39, 0.29) is 17.9 Å². The van der Waals surface area contributed by atoms with Crippen LogP contribution in [0.3, 0.4) is 0 Å². The SMILES string of the molecule is CCOC(=O)/C(C#N)=C/NNC(=O)c1csc(-c2ccc(CC)cc2)n1. The maximum Gasteiger partial charge on any atom is 0.350 e. The molecule has 1 aromatic carbocycles. The summed E-state index contributed by atoms with van der Waals surface area (Å²) in [4.78, 5) is 27.9. The number of esters is 1. The van der Waals surface area contributed by atoms with Crippen LogP contribution in [-0.4, -0.2) is 23.5 Å². The van der Waals surface area contributed by atoms with E-state index in [9.17, 15) is 9.59 Å². The van der Waals surface area contributed by atoms with E-state index in [1.807, 2.05) is 24.3 Å². The average Bonchev–Trinajstić information content (AvgIpc) is 3.15. The fraction of sp³-hybridized carbons (Fsp3) is 0.222. The zero-order chi connectivity index (χ0) is 18.9. The number of nitriles is 1. The van der Waals surface area contributed by atoms with Gasteiger partial charge >= 0.3 is 5.97 Å². The summed E-state index contributed by atoms with van der Waals surface area (Å²) in [6, 6.07) is 9.70. The summed E-state index contributed by atoms with van der Waals surface area (Å²) in [5, 5.41) is 11.3. The van der Waals surface area contributed by atoms with E-state index in [1.165, 1.54) is 16.9 Å². The molecule has 2 rings (SSSR count). The number of aryl methyl sites for hydroxylation is 1. The highest BCUT2D eigenvalue weighted by molar-refractivity contribution is 7.13. The Bertz CT molecular complexity index is 850. The number of benzene rings is 1. The maximum absolute atomic E-state index is 12.1. The first-order valence-electron chi connectivity index (χ1n) is 7.97. The zero-order valence-corrected chi connectivity index (χ0v) is 15.2. The molecule has 0 fully saturated rings. The summed E-state index contributed by atoms with van der Waals surface area (Å²) < 4.78 is 4.71. The van der Waals surface area contributed by atoms with Gasteiger partial charge in [-0.1, -0.05) is 31.2 Å². The van der Waals surface area contributed by atoms with Crippen LogP contribution in [0.2, 0.25) is 0 Å². The van der Waals surface area contributed by atoms with Gasteiger partial charge in [-0.25, -0.2) is 9.78 Å². The van der Waals surface area contributed by atoms with Gasteiger partial charge in [-0.3, -0.25) is 10.2 Å². The number of rotatable bonds is 7. The van der Waals surface area contributed by atoms with E-state index in [1.54, 1.807) is 18.4 Å². The lowest BCUT2D eigenvalue weighted by Crippen LogP contribution is -2.34. The predicted octanol–water partition coefficient (Wildman–Crippen LogP) is 2.58. The molecule has 0 unspecified atom stereocenters. The van der Waals surface area contributed by atoms with Crippen molar-refractivity contribution in [2.45, 2.75) is 20.3 Å². The molecule has 0 aliphatic heterocycles. The van der Waals surface area contributed by atoms with Gasteiger partial charge in [0.25, 0.3) is 5.91 Å². The molecule has 0 saturated heterocycles. The van der Waals surface area contributed by atoms with Crippen molar-refractivity contribution in [1.29, 1.82) is 5.26 Å². The number of nitrogens with zero attached hydrogens (tertiary/aromatic N) is 2. The summed E-state index contributed by atoms with van der Waals surface area (Å²) in [5.74, 6) is -1.24. The number of ether oxygens (including phenoxy) is 1. The molecule has 1 aromatic heterocycles. The van der Waals surface area contributed by atoms with Crippen molar-refractivity contribution in [3.05, 3.63) is 52.7 Å². The van der Waals surface area contributed by atoms with E-state index in [2.05, 4.69) is 22.8 Å². The molecule has 1 amide bonds. The zero-order valence-electron chi connectivity index (χ0n) is 14.4. The monoisotopic (exact) mass is 370 g/mol. The van der Waals surface area contributed by atoms with Crippen molar-refractivity contribution in [2.75, 3.05) is 6.61 Å². The van der Waals surface area contributed by atoms with Gasteiger partial charge in [0.05, 0.1) is 6.61 Å². The number of carbonyl (C=O) groups excluding carboxylic acids is 2. The Morgan fingerprint density at radius 2 is 2.04 bits per heavy atom. The lowest BCUT2D eigenvalue weighted by atomic mass is 10.1. The smallest absolute Gasteiger partial charge is 0.350 e. The number of hydrogen-bond acceptors (Lipinski definition) is 7. The highest BCUT2D eigenvalue weighted by atomic mass is 32.1. The van der Waals surface area contributed by atoms with E-state index in [0.29, 0.717) is 0 Å². The summed E-state index contributed by atoms with van der Waals surface area (Å²) >= 11 is 1.36. The topological polar surface area (TPSA) is 104 Å². The van der Waals surface area contributed by atoms with Crippen LogP contribution in [0, 0.1) is 11.3 Å². The molecule has 8 heteroatoms. The lowest BCUT2D eigenvalue weighted by molar-refractivity contribution is -0.138. The Kier molecular flexibility index (Phi) is 6.88. The van der Waals surface area contributed by atoms with Crippen molar-refractivity contribution in [1.82, 2.24) is 15.8 Å². The fourth-order valence-corrected chi connectivity index (χ4v) is 2.78. The van der Waals surface area contributed by atoms with Crippen molar-refractivity contribution in [2.24, 2.45) is 0 Å². The molecular formula is C18H18N4O3S. The lowest BCUT2D eigenvalue weighted by Gasteiger charge is -2.03. The summed E-state index contributed by atoms with van der Waals surface area (Å²) in [5.41, 5.74) is 6.94. The van der Waals surface area contributed by atoms with Crippen LogP contribution in [0.4, 0.5) is 0 Å². The Morgan fingerprint density at radius 1 is 1.31 bits per heavy atom. The third kappa shape index (κ3) is 4.91. The molecule has 134 valence electrons. The number of amides is 1. The molecule has 0 radical (unpaired) electrons. The minimum Gasteiger partial charge on any atom is -0.462 e. The largest absolute Gasteiger partial charge is 0.462 e. The van der Waals surface area contributed by atoms with Crippen molar-refractivity contribution >= 4 is 23.2 Å². The van der Waals surface area contributed by atoms with Crippen LogP contribution >= 0.6 is 11.3 Å². The van der Waals surface area contributed by atoms with Gasteiger partial charge < -0.3 is 10.2 Å². The summed E-state index contributed by atoms with van der Waals surface area (Å²) in [7, 11) is 0. The van der Waals surface area contributed by atoms with Gasteiger partial charge in [-0.05, 0) is 18.9 Å². The molecular weight excluding hydrogens is 352 g/mol. The predicted molar refractivity (Wildman–Crippen MR) is 97.9 cm³/mol. The van der Waals surface area contributed by atoms with E-state index < -0.39 is 11.9 Å². The van der Waals surface area contributed by atoms with Crippen LogP contribution < -0.4 is 10.9 Å². The first kappa shape index (κ1) is 19.1. The fourth-order valence-electron chi connectivity index (χ4n) is 1.98. The molecule has 2 aromatic rings. The molecule has 1 heterocycles. The second-order valence-corrected chi connectivity index (χ2v) is 5.94. The van der Waals surface area contributed by atoms with Gasteiger partial charge in [0.2, 0.25) is 0 Å². The molecule has 0 aliphatic rings. The number of nitrogens with one attached hydrogen (secondary N) is 2. The quantitative estimate of drug-likeness (QED) is 0.336. The standard InChI is InChI=1S/C18H18N4O3S/c1-3-12-5-7-13(8-6-12)17-21-15(11-26-17)16(23)22-20-10-14(9-19)18(24)25-4-2/h5-8,10-11,20H,3-4H2,1-2H3,(H,22,23)/b14-10+. The summed E-state index contributed by atoms with van der Waals surface area (Å²) in [6.45, 7) is 3.88. The Balaban J connectivity index is 1.99. The number of carbonyl (C=O) groups is 2. The average molecular weight is 370 g/mol. The summed E-state index contributed by atoms with van der Waals surface area (Å²) in [6.07, 6.45) is 2.04. The normalized spacial score (nSPS) is 10.7.